The number of hydrogen-bond acceptors (Lipinski definition) is 3. The highest BCUT2D eigenvalue weighted by atomic mass is 35.5. The standard InChI is InChI=1S/C15H17ClN4O/c1-19-10-13(16)14(18-19)15(21)20-7-5-11(9-20)8-12-4-2-3-6-17-12/h2-4,6,10-11H,5,7-9H2,1H3. The number of pyridine rings is 1. The van der Waals surface area contributed by atoms with Crippen LogP contribution in [0.5, 0.6) is 0 Å². The van der Waals surface area contributed by atoms with Crippen LogP contribution in [-0.2, 0) is 13.5 Å². The summed E-state index contributed by atoms with van der Waals surface area (Å²) in [6, 6.07) is 5.94. The summed E-state index contributed by atoms with van der Waals surface area (Å²) in [7, 11) is 1.76. The number of aryl methyl sites for hydroxylation is 1. The number of likely N-dealkylation sites (tertiary alicyclic amines) is 1. The fourth-order valence-corrected chi connectivity index (χ4v) is 3.01. The monoisotopic (exact) mass is 304 g/mol. The van der Waals surface area contributed by atoms with Crippen LogP contribution in [0.15, 0.2) is 30.6 Å². The Bertz CT molecular complexity index is 640. The second-order valence-corrected chi connectivity index (χ2v) is 5.84. The van der Waals surface area contributed by atoms with Gasteiger partial charge in [-0.05, 0) is 30.9 Å². The maximum absolute atomic E-state index is 12.4. The molecule has 0 N–H and O–H groups in total. The van der Waals surface area contributed by atoms with Crippen molar-refractivity contribution in [3.8, 4) is 0 Å². The summed E-state index contributed by atoms with van der Waals surface area (Å²) in [5.74, 6) is 0.371. The predicted molar refractivity (Wildman–Crippen MR) is 80.2 cm³/mol. The lowest BCUT2D eigenvalue weighted by Crippen LogP contribution is -2.29. The molecule has 6 heteroatoms. The minimum Gasteiger partial charge on any atom is -0.337 e. The van der Waals surface area contributed by atoms with Crippen LogP contribution < -0.4 is 0 Å². The van der Waals surface area contributed by atoms with Gasteiger partial charge in [0.1, 0.15) is 0 Å². The van der Waals surface area contributed by atoms with Crippen LogP contribution in [-0.4, -0.2) is 38.7 Å². The molecule has 5 nitrogen and oxygen atoms in total. The molecule has 0 radical (unpaired) electrons. The minimum atomic E-state index is -0.0795. The third-order valence-electron chi connectivity index (χ3n) is 3.78. The first-order chi connectivity index (χ1) is 10.1. The molecule has 1 fully saturated rings. The molecule has 1 aliphatic heterocycles. The van der Waals surface area contributed by atoms with E-state index in [0.29, 0.717) is 16.6 Å². The second-order valence-electron chi connectivity index (χ2n) is 5.43. The normalized spacial score (nSPS) is 18.2. The molecule has 0 aromatic carbocycles. The van der Waals surface area contributed by atoms with Gasteiger partial charge in [0.05, 0.1) is 5.02 Å². The Morgan fingerprint density at radius 3 is 3.00 bits per heavy atom. The van der Waals surface area contributed by atoms with Gasteiger partial charge in [0.25, 0.3) is 5.91 Å². The smallest absolute Gasteiger partial charge is 0.275 e. The zero-order chi connectivity index (χ0) is 14.8. The fourth-order valence-electron chi connectivity index (χ4n) is 2.75. The van der Waals surface area contributed by atoms with Crippen molar-refractivity contribution in [2.75, 3.05) is 13.1 Å². The van der Waals surface area contributed by atoms with Crippen LogP contribution in [0.2, 0.25) is 5.02 Å². The topological polar surface area (TPSA) is 51.0 Å². The Morgan fingerprint density at radius 2 is 2.33 bits per heavy atom. The first kappa shape index (κ1) is 14.1. The van der Waals surface area contributed by atoms with E-state index in [1.54, 1.807) is 24.1 Å². The molecule has 0 saturated carbocycles. The average Bonchev–Trinajstić information content (AvgIpc) is 3.06. The van der Waals surface area contributed by atoms with E-state index in [1.807, 2.05) is 23.1 Å². The molecule has 1 saturated heterocycles. The first-order valence-corrected chi connectivity index (χ1v) is 7.39. The van der Waals surface area contributed by atoms with Crippen molar-refractivity contribution in [1.82, 2.24) is 19.7 Å². The zero-order valence-corrected chi connectivity index (χ0v) is 12.6. The molecular formula is C15H17ClN4O. The largest absolute Gasteiger partial charge is 0.337 e. The van der Waals surface area contributed by atoms with E-state index in [9.17, 15) is 4.79 Å². The first-order valence-electron chi connectivity index (χ1n) is 7.02. The zero-order valence-electron chi connectivity index (χ0n) is 11.9. The van der Waals surface area contributed by atoms with Crippen molar-refractivity contribution >= 4 is 17.5 Å². The number of carbonyl (C=O) groups excluding carboxylic acids is 1. The summed E-state index contributed by atoms with van der Waals surface area (Å²) < 4.78 is 1.57. The lowest BCUT2D eigenvalue weighted by Gasteiger charge is -2.15. The van der Waals surface area contributed by atoms with Gasteiger partial charge in [-0.2, -0.15) is 5.10 Å². The van der Waals surface area contributed by atoms with Crippen molar-refractivity contribution in [2.45, 2.75) is 12.8 Å². The fraction of sp³-hybridized carbons (Fsp3) is 0.400. The molecular weight excluding hydrogens is 288 g/mol. The number of amides is 1. The van der Waals surface area contributed by atoms with Gasteiger partial charge in [0, 0.05) is 38.2 Å². The van der Waals surface area contributed by atoms with Crippen LogP contribution in [0.4, 0.5) is 0 Å². The molecule has 3 rings (SSSR count). The number of hydrogen-bond donors (Lipinski definition) is 0. The van der Waals surface area contributed by atoms with E-state index < -0.39 is 0 Å². The van der Waals surface area contributed by atoms with Crippen LogP contribution in [0.25, 0.3) is 0 Å². The molecule has 1 amide bonds. The Morgan fingerprint density at radius 1 is 1.48 bits per heavy atom. The van der Waals surface area contributed by atoms with Gasteiger partial charge in [-0.3, -0.25) is 14.5 Å². The quantitative estimate of drug-likeness (QED) is 0.873. The van der Waals surface area contributed by atoms with Crippen molar-refractivity contribution in [2.24, 2.45) is 13.0 Å². The molecule has 21 heavy (non-hydrogen) atoms. The second kappa shape index (κ2) is 5.85. The van der Waals surface area contributed by atoms with Crippen LogP contribution in [0.3, 0.4) is 0 Å². The average molecular weight is 305 g/mol. The molecule has 1 aliphatic rings. The number of carbonyl (C=O) groups is 1. The lowest BCUT2D eigenvalue weighted by atomic mass is 10.0. The third kappa shape index (κ3) is 3.08. The molecule has 1 atom stereocenters. The minimum absolute atomic E-state index is 0.0795. The molecule has 3 heterocycles. The Hall–Kier alpha value is -1.88. The van der Waals surface area contributed by atoms with Gasteiger partial charge < -0.3 is 4.90 Å². The van der Waals surface area contributed by atoms with E-state index in [0.717, 1.165) is 31.6 Å². The van der Waals surface area contributed by atoms with Gasteiger partial charge in [-0.15, -0.1) is 0 Å². The summed E-state index contributed by atoms with van der Waals surface area (Å²) in [5, 5.41) is 4.56. The number of nitrogens with zero attached hydrogens (tertiary/aromatic N) is 4. The van der Waals surface area contributed by atoms with E-state index in [1.165, 1.54) is 0 Å². The van der Waals surface area contributed by atoms with E-state index >= 15 is 0 Å². The van der Waals surface area contributed by atoms with Gasteiger partial charge >= 0.3 is 0 Å². The maximum Gasteiger partial charge on any atom is 0.275 e. The van der Waals surface area contributed by atoms with Gasteiger partial charge in [0.15, 0.2) is 5.69 Å². The molecule has 0 spiro atoms. The van der Waals surface area contributed by atoms with Gasteiger partial charge in [-0.1, -0.05) is 17.7 Å². The number of halogens is 1. The third-order valence-corrected chi connectivity index (χ3v) is 4.06. The molecule has 110 valence electrons. The summed E-state index contributed by atoms with van der Waals surface area (Å²) in [5.41, 5.74) is 1.42. The highest BCUT2D eigenvalue weighted by Crippen LogP contribution is 2.23. The Kier molecular flexibility index (Phi) is 3.92. The highest BCUT2D eigenvalue weighted by Gasteiger charge is 2.29. The summed E-state index contributed by atoms with van der Waals surface area (Å²) in [6.07, 6.45) is 5.35. The van der Waals surface area contributed by atoms with E-state index in [-0.39, 0.29) is 5.91 Å². The molecule has 2 aromatic heterocycles. The molecule has 0 aliphatic carbocycles. The maximum atomic E-state index is 12.4. The van der Waals surface area contributed by atoms with Gasteiger partial charge in [-0.25, -0.2) is 0 Å². The highest BCUT2D eigenvalue weighted by molar-refractivity contribution is 6.33. The summed E-state index contributed by atoms with van der Waals surface area (Å²) in [4.78, 5) is 18.6. The van der Waals surface area contributed by atoms with E-state index in [2.05, 4.69) is 10.1 Å². The molecule has 1 unspecified atom stereocenters. The van der Waals surface area contributed by atoms with Crippen LogP contribution in [0.1, 0.15) is 22.6 Å². The van der Waals surface area contributed by atoms with Crippen LogP contribution >= 0.6 is 11.6 Å². The Balaban J connectivity index is 1.64. The molecule has 2 aromatic rings. The lowest BCUT2D eigenvalue weighted by molar-refractivity contribution is 0.0780. The summed E-state index contributed by atoms with van der Waals surface area (Å²) >= 11 is 6.04. The SMILES string of the molecule is Cn1cc(Cl)c(C(=O)N2CCC(Cc3ccccn3)C2)n1. The number of aromatic nitrogens is 3. The van der Waals surface area contributed by atoms with E-state index in [4.69, 9.17) is 11.6 Å². The van der Waals surface area contributed by atoms with Gasteiger partial charge in [0.2, 0.25) is 0 Å². The predicted octanol–water partition coefficient (Wildman–Crippen LogP) is 2.17. The van der Waals surface area contributed by atoms with Crippen LogP contribution in [0, 0.1) is 5.92 Å². The van der Waals surface area contributed by atoms with Crippen molar-refractivity contribution in [3.05, 3.63) is 47.0 Å². The number of rotatable bonds is 3. The van der Waals surface area contributed by atoms with Crippen molar-refractivity contribution < 1.29 is 4.79 Å². The van der Waals surface area contributed by atoms with Crippen molar-refractivity contribution in [1.29, 1.82) is 0 Å². The Labute approximate surface area is 128 Å². The van der Waals surface area contributed by atoms with Crippen molar-refractivity contribution in [3.63, 3.8) is 0 Å². The summed E-state index contributed by atoms with van der Waals surface area (Å²) in [6.45, 7) is 1.49. The molecule has 0 bridgehead atoms.